The van der Waals surface area contributed by atoms with E-state index in [0.717, 1.165) is 42.6 Å². The Kier molecular flexibility index (Phi) is 4.85. The lowest BCUT2D eigenvalue weighted by Gasteiger charge is -2.35. The molecular weight excluding hydrogens is 276 g/mol. The van der Waals surface area contributed by atoms with Crippen molar-refractivity contribution in [1.82, 2.24) is 0 Å². The number of thioether (sulfide) groups is 2. The molecule has 1 aromatic rings. The first-order valence-electron chi connectivity index (χ1n) is 6.60. The molecule has 1 aromatic carbocycles. The lowest BCUT2D eigenvalue weighted by Crippen LogP contribution is -2.38. The van der Waals surface area contributed by atoms with E-state index in [9.17, 15) is 9.90 Å². The van der Waals surface area contributed by atoms with Crippen LogP contribution in [0.25, 0.3) is 0 Å². The molecule has 4 heteroatoms. The van der Waals surface area contributed by atoms with Gasteiger partial charge < -0.3 is 5.11 Å². The van der Waals surface area contributed by atoms with Crippen LogP contribution in [-0.4, -0.2) is 23.6 Å². The third-order valence-electron chi connectivity index (χ3n) is 4.04. The quantitative estimate of drug-likeness (QED) is 0.835. The van der Waals surface area contributed by atoms with E-state index in [-0.39, 0.29) is 0 Å². The molecule has 0 atom stereocenters. The molecule has 1 aliphatic rings. The zero-order valence-electron chi connectivity index (χ0n) is 11.4. The second-order valence-corrected chi connectivity index (χ2v) is 6.74. The monoisotopic (exact) mass is 296 g/mol. The van der Waals surface area contributed by atoms with Crippen molar-refractivity contribution in [2.24, 2.45) is 0 Å². The second kappa shape index (κ2) is 6.23. The summed E-state index contributed by atoms with van der Waals surface area (Å²) in [5, 5.41) is 9.77. The van der Waals surface area contributed by atoms with Crippen molar-refractivity contribution in [2.75, 3.05) is 12.5 Å². The van der Waals surface area contributed by atoms with Gasteiger partial charge in [0, 0.05) is 9.79 Å². The summed E-state index contributed by atoms with van der Waals surface area (Å²) in [7, 11) is 0. The molecule has 0 radical (unpaired) electrons. The maximum Gasteiger partial charge on any atom is 0.314 e. The van der Waals surface area contributed by atoms with Gasteiger partial charge >= 0.3 is 5.97 Å². The van der Waals surface area contributed by atoms with Gasteiger partial charge in [-0.05, 0) is 43.0 Å². The average molecular weight is 296 g/mol. The van der Waals surface area contributed by atoms with Crippen molar-refractivity contribution in [3.63, 3.8) is 0 Å². The first kappa shape index (κ1) is 14.8. The van der Waals surface area contributed by atoms with Crippen LogP contribution >= 0.6 is 23.5 Å². The summed E-state index contributed by atoms with van der Waals surface area (Å²) in [4.78, 5) is 14.2. The van der Waals surface area contributed by atoms with E-state index in [0.29, 0.717) is 0 Å². The van der Waals surface area contributed by atoms with Crippen molar-refractivity contribution >= 4 is 29.5 Å². The number of carbonyl (C=O) groups is 1. The van der Waals surface area contributed by atoms with Crippen LogP contribution in [0.2, 0.25) is 0 Å². The number of hydrogen-bond donors (Lipinski definition) is 1. The Bertz CT molecular complexity index is 465. The van der Waals surface area contributed by atoms with Crippen molar-refractivity contribution in [1.29, 1.82) is 0 Å². The molecule has 0 amide bonds. The van der Waals surface area contributed by atoms with E-state index in [2.05, 4.69) is 12.1 Å². The summed E-state index contributed by atoms with van der Waals surface area (Å²) < 4.78 is 0. The largest absolute Gasteiger partial charge is 0.481 e. The molecule has 0 aliphatic heterocycles. The van der Waals surface area contributed by atoms with Crippen molar-refractivity contribution in [3.8, 4) is 0 Å². The van der Waals surface area contributed by atoms with Crippen LogP contribution in [0.5, 0.6) is 0 Å². The number of benzene rings is 1. The van der Waals surface area contributed by atoms with E-state index in [1.165, 1.54) is 4.90 Å². The SMILES string of the molecule is CSc1ccc(C2(C(=O)O)CCCCC2)c(SC)c1. The van der Waals surface area contributed by atoms with Gasteiger partial charge in [-0.1, -0.05) is 25.3 Å². The molecule has 19 heavy (non-hydrogen) atoms. The fourth-order valence-corrected chi connectivity index (χ4v) is 4.19. The highest BCUT2D eigenvalue weighted by molar-refractivity contribution is 7.99. The molecule has 1 N–H and O–H groups in total. The lowest BCUT2D eigenvalue weighted by molar-refractivity contribution is -0.145. The summed E-state index contributed by atoms with van der Waals surface area (Å²) in [5.74, 6) is -0.653. The molecule has 0 spiro atoms. The molecular formula is C15H20O2S2. The Morgan fingerprint density at radius 1 is 1.16 bits per heavy atom. The number of carboxylic acid groups (broad SMARTS) is 1. The van der Waals surface area contributed by atoms with E-state index < -0.39 is 11.4 Å². The zero-order chi connectivity index (χ0) is 13.9. The molecule has 1 fully saturated rings. The smallest absolute Gasteiger partial charge is 0.314 e. The van der Waals surface area contributed by atoms with Crippen LogP contribution in [0.1, 0.15) is 37.7 Å². The predicted octanol–water partition coefficient (Wildman–Crippen LogP) is 4.42. The zero-order valence-corrected chi connectivity index (χ0v) is 13.1. The summed E-state index contributed by atoms with van der Waals surface area (Å²) >= 11 is 3.36. The molecule has 0 bridgehead atoms. The van der Waals surface area contributed by atoms with E-state index in [4.69, 9.17) is 0 Å². The van der Waals surface area contributed by atoms with Gasteiger partial charge in [-0.3, -0.25) is 4.79 Å². The van der Waals surface area contributed by atoms with Gasteiger partial charge in [0.05, 0.1) is 5.41 Å². The fourth-order valence-electron chi connectivity index (χ4n) is 2.95. The number of hydrogen-bond acceptors (Lipinski definition) is 3. The van der Waals surface area contributed by atoms with Gasteiger partial charge in [0.25, 0.3) is 0 Å². The summed E-state index contributed by atoms with van der Waals surface area (Å²) in [5.41, 5.74) is 0.359. The Morgan fingerprint density at radius 2 is 1.84 bits per heavy atom. The van der Waals surface area contributed by atoms with Crippen LogP contribution in [0.3, 0.4) is 0 Å². The Hall–Kier alpha value is -0.610. The van der Waals surface area contributed by atoms with Crippen molar-refractivity contribution < 1.29 is 9.90 Å². The predicted molar refractivity (Wildman–Crippen MR) is 82.4 cm³/mol. The molecule has 1 aliphatic carbocycles. The normalized spacial score (nSPS) is 18.2. The summed E-state index contributed by atoms with van der Waals surface area (Å²) in [6.07, 6.45) is 8.82. The highest BCUT2D eigenvalue weighted by Gasteiger charge is 2.42. The number of aliphatic carboxylic acids is 1. The Balaban J connectivity index is 2.50. The lowest BCUT2D eigenvalue weighted by atomic mass is 9.69. The van der Waals surface area contributed by atoms with Gasteiger partial charge in [0.2, 0.25) is 0 Å². The highest BCUT2D eigenvalue weighted by Crippen LogP contribution is 2.44. The van der Waals surface area contributed by atoms with Gasteiger partial charge in [-0.2, -0.15) is 0 Å². The Labute approximate surface area is 123 Å². The third-order valence-corrected chi connectivity index (χ3v) is 5.54. The minimum atomic E-state index is -0.659. The first-order valence-corrected chi connectivity index (χ1v) is 9.05. The van der Waals surface area contributed by atoms with E-state index in [1.54, 1.807) is 23.5 Å². The Morgan fingerprint density at radius 3 is 2.37 bits per heavy atom. The standard InChI is InChI=1S/C15H20O2S2/c1-18-11-6-7-12(13(10-11)19-2)15(14(16)17)8-4-3-5-9-15/h6-7,10H,3-5,8-9H2,1-2H3,(H,16,17). The topological polar surface area (TPSA) is 37.3 Å². The maximum absolute atomic E-state index is 11.9. The molecule has 0 saturated heterocycles. The van der Waals surface area contributed by atoms with Crippen LogP contribution in [0.4, 0.5) is 0 Å². The van der Waals surface area contributed by atoms with E-state index in [1.807, 2.05) is 18.6 Å². The van der Waals surface area contributed by atoms with E-state index >= 15 is 0 Å². The van der Waals surface area contributed by atoms with Gasteiger partial charge in [-0.25, -0.2) is 0 Å². The van der Waals surface area contributed by atoms with Crippen LogP contribution in [-0.2, 0) is 10.2 Å². The van der Waals surface area contributed by atoms with Gasteiger partial charge in [0.15, 0.2) is 0 Å². The summed E-state index contributed by atoms with van der Waals surface area (Å²) in [6, 6.07) is 6.22. The maximum atomic E-state index is 11.9. The number of carboxylic acids is 1. The molecule has 0 heterocycles. The molecule has 0 aromatic heterocycles. The van der Waals surface area contributed by atoms with Crippen LogP contribution < -0.4 is 0 Å². The minimum absolute atomic E-state index is 0.653. The third kappa shape index (κ3) is 2.79. The fraction of sp³-hybridized carbons (Fsp3) is 0.533. The molecule has 1 saturated carbocycles. The highest BCUT2D eigenvalue weighted by atomic mass is 32.2. The van der Waals surface area contributed by atoms with Gasteiger partial charge in [-0.15, -0.1) is 23.5 Å². The number of rotatable bonds is 4. The van der Waals surface area contributed by atoms with Crippen LogP contribution in [0, 0.1) is 0 Å². The average Bonchev–Trinajstić information content (AvgIpc) is 2.47. The summed E-state index contributed by atoms with van der Waals surface area (Å²) in [6.45, 7) is 0. The molecule has 0 unspecified atom stereocenters. The molecule has 2 rings (SSSR count). The molecule has 2 nitrogen and oxygen atoms in total. The van der Waals surface area contributed by atoms with Gasteiger partial charge in [0.1, 0.15) is 0 Å². The second-order valence-electron chi connectivity index (χ2n) is 5.01. The first-order chi connectivity index (χ1) is 9.14. The molecule has 104 valence electrons. The van der Waals surface area contributed by atoms with Crippen LogP contribution in [0.15, 0.2) is 28.0 Å². The van der Waals surface area contributed by atoms with Crippen molar-refractivity contribution in [2.45, 2.75) is 47.3 Å². The van der Waals surface area contributed by atoms with Crippen molar-refractivity contribution in [3.05, 3.63) is 23.8 Å². The minimum Gasteiger partial charge on any atom is -0.481 e.